The van der Waals surface area contributed by atoms with E-state index < -0.39 is 0 Å². The normalized spacial score (nSPS) is 24.5. The molecule has 0 aromatic rings. The predicted octanol–water partition coefficient (Wildman–Crippen LogP) is 0.218. The predicted molar refractivity (Wildman–Crippen MR) is 52.1 cm³/mol. The fourth-order valence-corrected chi connectivity index (χ4v) is 1.50. The number of likely N-dealkylation sites (tertiary alicyclic amines) is 1. The molecule has 0 radical (unpaired) electrons. The van der Waals surface area contributed by atoms with Gasteiger partial charge < -0.3 is 4.90 Å². The first kappa shape index (κ1) is 10.1. The van der Waals surface area contributed by atoms with Gasteiger partial charge in [0.15, 0.2) is 0 Å². The molecule has 3 nitrogen and oxygen atoms in total. The van der Waals surface area contributed by atoms with Crippen molar-refractivity contribution in [3.8, 4) is 12.3 Å². The van der Waals surface area contributed by atoms with Crippen LogP contribution in [0.1, 0.15) is 19.8 Å². The maximum atomic E-state index is 11.5. The van der Waals surface area contributed by atoms with Crippen molar-refractivity contribution in [3.63, 3.8) is 0 Å². The van der Waals surface area contributed by atoms with Gasteiger partial charge >= 0.3 is 0 Å². The van der Waals surface area contributed by atoms with Gasteiger partial charge in [0.2, 0.25) is 5.91 Å². The van der Waals surface area contributed by atoms with Crippen LogP contribution in [0, 0.1) is 12.3 Å². The maximum absolute atomic E-state index is 11.5. The minimum atomic E-state index is -0.0639. The van der Waals surface area contributed by atoms with E-state index in [4.69, 9.17) is 6.42 Å². The van der Waals surface area contributed by atoms with Crippen molar-refractivity contribution in [2.24, 2.45) is 0 Å². The van der Waals surface area contributed by atoms with Crippen LogP contribution < -0.4 is 5.32 Å². The van der Waals surface area contributed by atoms with Crippen LogP contribution in [0.3, 0.4) is 0 Å². The zero-order chi connectivity index (χ0) is 9.84. The molecule has 72 valence electrons. The minimum absolute atomic E-state index is 0.0282. The third-order valence-corrected chi connectivity index (χ3v) is 2.44. The number of rotatable bonds is 3. The molecular weight excluding hydrogens is 164 g/mol. The van der Waals surface area contributed by atoms with Crippen molar-refractivity contribution in [1.82, 2.24) is 10.2 Å². The molecular formula is C10H16N2O. The number of carbonyl (C=O) groups is 1. The summed E-state index contributed by atoms with van der Waals surface area (Å²) in [5.41, 5.74) is 0. The Morgan fingerprint density at radius 2 is 2.54 bits per heavy atom. The molecule has 1 aliphatic rings. The summed E-state index contributed by atoms with van der Waals surface area (Å²) in [6, 6.07) is -0.0357. The van der Waals surface area contributed by atoms with Gasteiger partial charge in [0.25, 0.3) is 0 Å². The second-order valence-electron chi connectivity index (χ2n) is 3.40. The van der Waals surface area contributed by atoms with Crippen LogP contribution in [-0.2, 0) is 4.79 Å². The van der Waals surface area contributed by atoms with E-state index in [9.17, 15) is 4.79 Å². The molecule has 0 bridgehead atoms. The van der Waals surface area contributed by atoms with E-state index in [0.717, 1.165) is 19.4 Å². The van der Waals surface area contributed by atoms with Gasteiger partial charge in [-0.25, -0.2) is 0 Å². The molecule has 3 heteroatoms. The molecule has 1 amide bonds. The summed E-state index contributed by atoms with van der Waals surface area (Å²) >= 11 is 0. The number of amides is 1. The van der Waals surface area contributed by atoms with Gasteiger partial charge in [-0.1, -0.05) is 12.8 Å². The summed E-state index contributed by atoms with van der Waals surface area (Å²) in [7, 11) is 1.82. The first-order chi connectivity index (χ1) is 6.19. The van der Waals surface area contributed by atoms with Gasteiger partial charge in [0.05, 0.1) is 12.1 Å². The van der Waals surface area contributed by atoms with Gasteiger partial charge in [-0.3, -0.25) is 10.1 Å². The Kier molecular flexibility index (Phi) is 3.32. The maximum Gasteiger partial charge on any atom is 0.239 e. The number of hydrogen-bond acceptors (Lipinski definition) is 2. The molecule has 0 saturated carbocycles. The first-order valence-electron chi connectivity index (χ1n) is 4.66. The SMILES string of the molecule is C#CC(CC)NC1CCN(C)C1=O. The number of carbonyl (C=O) groups excluding carboxylic acids is 1. The third-order valence-electron chi connectivity index (χ3n) is 2.44. The zero-order valence-electron chi connectivity index (χ0n) is 8.21. The van der Waals surface area contributed by atoms with Crippen molar-refractivity contribution in [3.05, 3.63) is 0 Å². The highest BCUT2D eigenvalue weighted by Gasteiger charge is 2.29. The molecule has 0 spiro atoms. The van der Waals surface area contributed by atoms with Crippen LogP contribution in [0.15, 0.2) is 0 Å². The van der Waals surface area contributed by atoms with E-state index in [1.54, 1.807) is 4.90 Å². The Morgan fingerprint density at radius 3 is 2.92 bits per heavy atom. The molecule has 1 rings (SSSR count). The van der Waals surface area contributed by atoms with Crippen LogP contribution in [0.2, 0.25) is 0 Å². The van der Waals surface area contributed by atoms with Crippen LogP contribution >= 0.6 is 0 Å². The highest BCUT2D eigenvalue weighted by molar-refractivity contribution is 5.83. The van der Waals surface area contributed by atoms with Crippen molar-refractivity contribution < 1.29 is 4.79 Å². The van der Waals surface area contributed by atoms with Crippen LogP contribution in [0.25, 0.3) is 0 Å². The molecule has 1 fully saturated rings. The summed E-state index contributed by atoms with van der Waals surface area (Å²) in [6.45, 7) is 2.85. The van der Waals surface area contributed by atoms with Crippen molar-refractivity contribution in [1.29, 1.82) is 0 Å². The molecule has 1 N–H and O–H groups in total. The van der Waals surface area contributed by atoms with Gasteiger partial charge in [-0.2, -0.15) is 0 Å². The minimum Gasteiger partial charge on any atom is -0.344 e. The molecule has 0 aliphatic carbocycles. The van der Waals surface area contributed by atoms with Gasteiger partial charge in [0, 0.05) is 13.6 Å². The average Bonchev–Trinajstić information content (AvgIpc) is 2.45. The quantitative estimate of drug-likeness (QED) is 0.630. The lowest BCUT2D eigenvalue weighted by molar-refractivity contribution is -0.128. The van der Waals surface area contributed by atoms with E-state index in [1.807, 2.05) is 14.0 Å². The largest absolute Gasteiger partial charge is 0.344 e. The summed E-state index contributed by atoms with van der Waals surface area (Å²) in [6.07, 6.45) is 7.04. The fraction of sp³-hybridized carbons (Fsp3) is 0.700. The van der Waals surface area contributed by atoms with Gasteiger partial charge in [-0.05, 0) is 12.8 Å². The monoisotopic (exact) mass is 180 g/mol. The summed E-state index contributed by atoms with van der Waals surface area (Å²) in [5.74, 6) is 2.79. The second kappa shape index (κ2) is 4.29. The Hall–Kier alpha value is -1.01. The van der Waals surface area contributed by atoms with Crippen LogP contribution in [0.4, 0.5) is 0 Å². The summed E-state index contributed by atoms with van der Waals surface area (Å²) in [4.78, 5) is 13.2. The Balaban J connectivity index is 2.47. The van der Waals surface area contributed by atoms with E-state index in [2.05, 4.69) is 11.2 Å². The van der Waals surface area contributed by atoms with Gasteiger partial charge in [-0.15, -0.1) is 6.42 Å². The van der Waals surface area contributed by atoms with E-state index >= 15 is 0 Å². The third kappa shape index (κ3) is 2.22. The lowest BCUT2D eigenvalue weighted by Crippen LogP contribution is -2.42. The second-order valence-corrected chi connectivity index (χ2v) is 3.40. The number of terminal acetylenes is 1. The smallest absolute Gasteiger partial charge is 0.239 e. The van der Waals surface area contributed by atoms with Crippen LogP contribution in [-0.4, -0.2) is 36.5 Å². The zero-order valence-corrected chi connectivity index (χ0v) is 8.21. The Labute approximate surface area is 79.5 Å². The highest BCUT2D eigenvalue weighted by Crippen LogP contribution is 2.09. The molecule has 13 heavy (non-hydrogen) atoms. The molecule has 1 heterocycles. The highest BCUT2D eigenvalue weighted by atomic mass is 16.2. The fourth-order valence-electron chi connectivity index (χ4n) is 1.50. The topological polar surface area (TPSA) is 32.3 Å². The van der Waals surface area contributed by atoms with Crippen molar-refractivity contribution >= 4 is 5.91 Å². The Morgan fingerprint density at radius 1 is 1.85 bits per heavy atom. The van der Waals surface area contributed by atoms with Crippen LogP contribution in [0.5, 0.6) is 0 Å². The van der Waals surface area contributed by atoms with E-state index in [0.29, 0.717) is 0 Å². The molecule has 1 aliphatic heterocycles. The molecule has 2 unspecified atom stereocenters. The van der Waals surface area contributed by atoms with Crippen molar-refractivity contribution in [2.75, 3.05) is 13.6 Å². The molecule has 1 saturated heterocycles. The number of nitrogens with one attached hydrogen (secondary N) is 1. The molecule has 0 aromatic carbocycles. The summed E-state index contributed by atoms with van der Waals surface area (Å²) < 4.78 is 0. The van der Waals surface area contributed by atoms with Crippen molar-refractivity contribution in [2.45, 2.75) is 31.8 Å². The molecule has 0 aromatic heterocycles. The van der Waals surface area contributed by atoms with Gasteiger partial charge in [0.1, 0.15) is 0 Å². The first-order valence-corrected chi connectivity index (χ1v) is 4.66. The average molecular weight is 180 g/mol. The Bertz CT molecular complexity index is 232. The van der Waals surface area contributed by atoms with E-state index in [1.165, 1.54) is 0 Å². The van der Waals surface area contributed by atoms with E-state index in [-0.39, 0.29) is 18.0 Å². The molecule has 2 atom stereocenters. The lowest BCUT2D eigenvalue weighted by Gasteiger charge is -2.16. The number of likely N-dealkylation sites (N-methyl/N-ethyl adjacent to an activating group) is 1. The standard InChI is InChI=1S/C10H16N2O/c1-4-8(5-2)11-9-6-7-12(3)10(9)13/h1,8-9,11H,5-7H2,2-3H3. The number of nitrogens with zero attached hydrogens (tertiary/aromatic N) is 1. The summed E-state index contributed by atoms with van der Waals surface area (Å²) in [5, 5.41) is 3.17. The lowest BCUT2D eigenvalue weighted by atomic mass is 10.2. The number of hydrogen-bond donors (Lipinski definition) is 1.